The van der Waals surface area contributed by atoms with E-state index in [2.05, 4.69) is 184 Å². The number of ether oxygens (including phenoxy) is 8. The fourth-order valence-electron chi connectivity index (χ4n) is 15.6. The van der Waals surface area contributed by atoms with Gasteiger partial charge in [0.05, 0.1) is 25.3 Å². The van der Waals surface area contributed by atoms with Crippen molar-refractivity contribution in [1.29, 1.82) is 0 Å². The molecule has 2 amide bonds. The normalized spacial score (nSPS) is 17.1. The molecule has 0 bridgehead atoms. The Kier molecular flexibility index (Phi) is 16.1. The molecule has 100 heavy (non-hydrogen) atoms. The van der Waals surface area contributed by atoms with Crippen molar-refractivity contribution in [3.8, 4) is 56.8 Å². The van der Waals surface area contributed by atoms with Gasteiger partial charge in [-0.3, -0.25) is 0 Å². The Balaban J connectivity index is 0.559. The van der Waals surface area contributed by atoms with Crippen LogP contribution in [0.4, 0.5) is 9.59 Å². The van der Waals surface area contributed by atoms with Gasteiger partial charge in [0.25, 0.3) is 0 Å². The van der Waals surface area contributed by atoms with Crippen LogP contribution in [0.25, 0.3) is 56.0 Å². The molecule has 4 aliphatic rings. The molecule has 0 spiro atoms. The Morgan fingerprint density at radius 2 is 0.740 bits per heavy atom. The number of hydrogen-bond donors (Lipinski definition) is 2. The largest absolute Gasteiger partial charge is 0.497 e. The molecule has 2 unspecified atom stereocenters. The van der Waals surface area contributed by atoms with Crippen molar-refractivity contribution in [1.82, 2.24) is 10.6 Å². The molecule has 15 rings (SSSR count). The number of benzene rings is 11. The van der Waals surface area contributed by atoms with Gasteiger partial charge in [0.1, 0.15) is 60.9 Å². The zero-order valence-electron chi connectivity index (χ0n) is 58.0. The molecule has 2 aliphatic carbocycles. The predicted octanol–water partition coefficient (Wildman–Crippen LogP) is 19.4. The Labute approximate surface area is 584 Å². The maximum Gasteiger partial charge on any atom is 0.407 e. The van der Waals surface area contributed by atoms with Gasteiger partial charge in [-0.1, -0.05) is 210 Å². The van der Waals surface area contributed by atoms with Crippen LogP contribution < -0.4 is 39.1 Å². The average molecular weight is 1330 g/mol. The zero-order chi connectivity index (χ0) is 69.3. The summed E-state index contributed by atoms with van der Waals surface area (Å²) in [7, 11) is 3.33. The first kappa shape index (κ1) is 64.7. The fourth-order valence-corrected chi connectivity index (χ4v) is 15.6. The van der Waals surface area contributed by atoms with Gasteiger partial charge < -0.3 is 48.5 Å². The lowest BCUT2D eigenvalue weighted by Gasteiger charge is -2.38. The lowest BCUT2D eigenvalue weighted by atomic mass is 9.77. The number of rotatable bonds is 18. The van der Waals surface area contributed by atoms with E-state index in [1.807, 2.05) is 125 Å². The summed E-state index contributed by atoms with van der Waals surface area (Å²) in [6.45, 7) is 17.1. The first-order valence-corrected chi connectivity index (χ1v) is 34.2. The second-order valence-electron chi connectivity index (χ2n) is 28.3. The van der Waals surface area contributed by atoms with Gasteiger partial charge in [0.2, 0.25) is 0 Å². The van der Waals surface area contributed by atoms with E-state index < -0.39 is 34.5 Å². The van der Waals surface area contributed by atoms with Crippen molar-refractivity contribution in [2.24, 2.45) is 0 Å². The van der Waals surface area contributed by atoms with Crippen LogP contribution in [0.15, 0.2) is 231 Å². The number of alkyl carbamates (subject to hydrolysis) is 2. The molecule has 2 aliphatic heterocycles. The van der Waals surface area contributed by atoms with Gasteiger partial charge in [-0.15, -0.1) is 0 Å². The van der Waals surface area contributed by atoms with Gasteiger partial charge in [-0.05, 0) is 155 Å². The van der Waals surface area contributed by atoms with Crippen LogP contribution in [0.3, 0.4) is 0 Å². The number of methoxy groups -OCH3 is 2. The molecule has 12 nitrogen and oxygen atoms in total. The molecule has 0 radical (unpaired) electrons. The van der Waals surface area contributed by atoms with E-state index in [0.717, 1.165) is 89.1 Å². The number of carbonyl (C=O) groups is 2. The third-order valence-electron chi connectivity index (χ3n) is 20.8. The summed E-state index contributed by atoms with van der Waals surface area (Å²) in [5.74, 6) is 4.38. The van der Waals surface area contributed by atoms with Crippen molar-refractivity contribution in [2.45, 2.75) is 88.5 Å². The minimum atomic E-state index is -0.999. The standard InChI is InChI=1S/C88H80N2O10/c1-83(2)73-28-17-15-26-69(73)75-65-22-11-13-24-67(65)79-71(77(75)83)46-48-87(99-79,55-30-38-61(93-9)39-31-55)57-34-42-63(43-35-57)95-50-52-97-81(91)89-85(5,6)59-20-19-21-60(54-59)86(7,8)90-82(92)98-53-51-96-64-44-36-58(37-45-64)88(56-32-40-62(94-10)41-33-56)49-47-72-78-76(66-23-12-14-25-68(66)80(72)100-88)70-27-16-18-29-74(70)84(78,3)4/h11-49,54H,50-53H2,1-10H3,(H,89,91)(H,90,92). The molecule has 0 fully saturated rings. The van der Waals surface area contributed by atoms with Crippen LogP contribution in [-0.2, 0) is 42.6 Å². The van der Waals surface area contributed by atoms with Crippen LogP contribution in [0.2, 0.25) is 0 Å². The summed E-state index contributed by atoms with van der Waals surface area (Å²) in [5, 5.41) is 10.4. The molecule has 11 aromatic carbocycles. The molecule has 2 heterocycles. The van der Waals surface area contributed by atoms with Crippen LogP contribution in [0.5, 0.6) is 34.5 Å². The van der Waals surface area contributed by atoms with Gasteiger partial charge in [-0.2, -0.15) is 0 Å². The molecule has 2 atom stereocenters. The molecular formula is C88H80N2O10. The monoisotopic (exact) mass is 1320 g/mol. The third-order valence-corrected chi connectivity index (χ3v) is 20.8. The van der Waals surface area contributed by atoms with Crippen molar-refractivity contribution in [3.05, 3.63) is 297 Å². The van der Waals surface area contributed by atoms with E-state index in [-0.39, 0.29) is 37.3 Å². The molecular weight excluding hydrogens is 1240 g/mol. The maximum atomic E-state index is 13.4. The van der Waals surface area contributed by atoms with Crippen LogP contribution in [0.1, 0.15) is 122 Å². The SMILES string of the molecule is COc1ccc(C2(c3ccc(OCCOC(=O)NC(C)(C)c4cccc(C(C)(C)NC(=O)OCCOc5ccc(C6(c7ccc(OC)cc7)C=Cc7c8c(c9ccccc9c7O6)-c6ccccc6C8(C)C)cc5)c4)cc3)C=Cc3c4c(c5ccccc5c3O2)-c2ccccc2C4(C)C)cc1. The van der Waals surface area contributed by atoms with E-state index in [0.29, 0.717) is 11.5 Å². The highest BCUT2D eigenvalue weighted by Gasteiger charge is 2.47. The second kappa shape index (κ2) is 24.9. The Bertz CT molecular complexity index is 4770. The van der Waals surface area contributed by atoms with Gasteiger partial charge in [0.15, 0.2) is 11.2 Å². The number of nitrogens with one attached hydrogen (secondary N) is 2. The van der Waals surface area contributed by atoms with Crippen molar-refractivity contribution < 1.29 is 47.5 Å². The van der Waals surface area contributed by atoms with Crippen molar-refractivity contribution in [2.75, 3.05) is 40.6 Å². The summed E-state index contributed by atoms with van der Waals surface area (Å²) < 4.78 is 49.9. The number of hydrogen-bond acceptors (Lipinski definition) is 10. The second-order valence-corrected chi connectivity index (χ2v) is 28.3. The number of carbonyl (C=O) groups excluding carboxylic acids is 2. The first-order valence-electron chi connectivity index (χ1n) is 34.2. The molecule has 0 aromatic heterocycles. The topological polar surface area (TPSA) is 132 Å². The van der Waals surface area contributed by atoms with E-state index in [1.54, 1.807) is 14.2 Å². The van der Waals surface area contributed by atoms with Gasteiger partial charge in [-0.25, -0.2) is 9.59 Å². The Hall–Kier alpha value is -11.2. The molecule has 0 saturated carbocycles. The minimum absolute atomic E-state index is 0.0000384. The molecule has 2 N–H and O–H groups in total. The molecule has 11 aromatic rings. The Morgan fingerprint density at radius 3 is 1.11 bits per heavy atom. The summed E-state index contributed by atoms with van der Waals surface area (Å²) >= 11 is 0. The lowest BCUT2D eigenvalue weighted by molar-refractivity contribution is 0.116. The van der Waals surface area contributed by atoms with Crippen molar-refractivity contribution in [3.63, 3.8) is 0 Å². The minimum Gasteiger partial charge on any atom is -0.497 e. The van der Waals surface area contributed by atoms with E-state index in [4.69, 9.17) is 37.9 Å². The van der Waals surface area contributed by atoms with Crippen LogP contribution in [-0.4, -0.2) is 52.8 Å². The lowest BCUT2D eigenvalue weighted by Crippen LogP contribution is -2.43. The van der Waals surface area contributed by atoms with E-state index >= 15 is 0 Å². The predicted molar refractivity (Wildman–Crippen MR) is 395 cm³/mol. The highest BCUT2D eigenvalue weighted by atomic mass is 16.6. The zero-order valence-corrected chi connectivity index (χ0v) is 58.0. The van der Waals surface area contributed by atoms with Gasteiger partial charge >= 0.3 is 12.2 Å². The van der Waals surface area contributed by atoms with Crippen LogP contribution >= 0.6 is 0 Å². The number of amides is 2. The maximum absolute atomic E-state index is 13.4. The van der Waals surface area contributed by atoms with Crippen molar-refractivity contribution >= 4 is 45.9 Å². The summed E-state index contributed by atoms with van der Waals surface area (Å²) in [6.07, 6.45) is 7.64. The van der Waals surface area contributed by atoms with E-state index in [1.165, 1.54) is 44.5 Å². The molecule has 502 valence electrons. The number of fused-ring (bicyclic) bond motifs is 16. The fraction of sp³-hybridized carbons (Fsp3) is 0.227. The molecule has 0 saturated heterocycles. The first-order chi connectivity index (χ1) is 48.2. The average Bonchev–Trinajstić information content (AvgIpc) is 1.57. The smallest absolute Gasteiger partial charge is 0.407 e. The highest BCUT2D eigenvalue weighted by Crippen LogP contribution is 2.60. The van der Waals surface area contributed by atoms with E-state index in [9.17, 15) is 9.59 Å². The Morgan fingerprint density at radius 1 is 0.400 bits per heavy atom. The quantitative estimate of drug-likeness (QED) is 0.0801. The third kappa shape index (κ3) is 11.0. The summed E-state index contributed by atoms with van der Waals surface area (Å²) in [4.78, 5) is 26.9. The summed E-state index contributed by atoms with van der Waals surface area (Å²) in [6, 6.07) is 74.1. The highest BCUT2D eigenvalue weighted by molar-refractivity contribution is 6.10. The summed E-state index contributed by atoms with van der Waals surface area (Å²) in [5.41, 5.74) is 13.4. The van der Waals surface area contributed by atoms with Gasteiger partial charge in [0, 0.05) is 55.0 Å². The van der Waals surface area contributed by atoms with Crippen LogP contribution in [0, 0.1) is 0 Å². The molecule has 12 heteroatoms.